The van der Waals surface area contributed by atoms with E-state index < -0.39 is 0 Å². The summed E-state index contributed by atoms with van der Waals surface area (Å²) in [4.78, 5) is 0. The first-order valence-electron chi connectivity index (χ1n) is 6.92. The molecule has 1 aromatic carbocycles. The summed E-state index contributed by atoms with van der Waals surface area (Å²) >= 11 is 7.78. The highest BCUT2D eigenvalue weighted by molar-refractivity contribution is 7.07. The predicted molar refractivity (Wildman–Crippen MR) is 87.0 cm³/mol. The molecule has 0 fully saturated rings. The van der Waals surface area contributed by atoms with Crippen molar-refractivity contribution >= 4 is 22.9 Å². The summed E-state index contributed by atoms with van der Waals surface area (Å²) in [5.74, 6) is 0.924. The molecule has 0 saturated heterocycles. The largest absolute Gasteiger partial charge is 0.493 e. The zero-order chi connectivity index (χ0) is 14.2. The first kappa shape index (κ1) is 15.4. The van der Waals surface area contributed by atoms with Gasteiger partial charge in [0.1, 0.15) is 5.75 Å². The molecule has 0 aliphatic heterocycles. The Bertz CT molecular complexity index is 513. The van der Waals surface area contributed by atoms with Crippen molar-refractivity contribution < 1.29 is 4.74 Å². The lowest BCUT2D eigenvalue weighted by molar-refractivity contribution is 0.318. The SMILES string of the molecule is CCCNCc1cc(Cl)ccc1OCCc1ccsc1. The van der Waals surface area contributed by atoms with E-state index in [9.17, 15) is 0 Å². The molecule has 2 rings (SSSR count). The second-order valence-corrected chi connectivity index (χ2v) is 5.88. The van der Waals surface area contributed by atoms with Gasteiger partial charge in [-0.1, -0.05) is 18.5 Å². The van der Waals surface area contributed by atoms with Crippen LogP contribution in [0.3, 0.4) is 0 Å². The highest BCUT2D eigenvalue weighted by atomic mass is 35.5. The van der Waals surface area contributed by atoms with E-state index in [-0.39, 0.29) is 0 Å². The van der Waals surface area contributed by atoms with Crippen LogP contribution in [0, 0.1) is 0 Å². The number of halogens is 1. The van der Waals surface area contributed by atoms with Crippen molar-refractivity contribution in [1.82, 2.24) is 5.32 Å². The highest BCUT2D eigenvalue weighted by Crippen LogP contribution is 2.23. The first-order valence-corrected chi connectivity index (χ1v) is 8.24. The van der Waals surface area contributed by atoms with E-state index in [0.717, 1.165) is 42.3 Å². The first-order chi connectivity index (χ1) is 9.79. The maximum absolute atomic E-state index is 6.06. The Hall–Kier alpha value is -1.03. The van der Waals surface area contributed by atoms with Crippen molar-refractivity contribution in [2.24, 2.45) is 0 Å². The number of hydrogen-bond acceptors (Lipinski definition) is 3. The van der Waals surface area contributed by atoms with Gasteiger partial charge in [0, 0.05) is 23.6 Å². The number of nitrogens with one attached hydrogen (secondary N) is 1. The minimum absolute atomic E-state index is 0.694. The van der Waals surface area contributed by atoms with Crippen LogP contribution in [0.25, 0.3) is 0 Å². The molecular weight excluding hydrogens is 290 g/mol. The standard InChI is InChI=1S/C16H20ClNOS/c1-2-7-18-11-14-10-15(17)3-4-16(14)19-8-5-13-6-9-20-12-13/h3-4,6,9-10,12,18H,2,5,7-8,11H2,1H3. The Balaban J connectivity index is 1.91. The van der Waals surface area contributed by atoms with Crippen LogP contribution >= 0.6 is 22.9 Å². The molecule has 2 aromatic rings. The smallest absolute Gasteiger partial charge is 0.123 e. The lowest BCUT2D eigenvalue weighted by Crippen LogP contribution is -2.15. The van der Waals surface area contributed by atoms with Crippen LogP contribution in [0.2, 0.25) is 5.02 Å². The van der Waals surface area contributed by atoms with Gasteiger partial charge in [-0.05, 0) is 53.6 Å². The molecule has 20 heavy (non-hydrogen) atoms. The van der Waals surface area contributed by atoms with Gasteiger partial charge in [0.15, 0.2) is 0 Å². The third kappa shape index (κ3) is 4.82. The fraction of sp³-hybridized carbons (Fsp3) is 0.375. The van der Waals surface area contributed by atoms with Gasteiger partial charge < -0.3 is 10.1 Å². The van der Waals surface area contributed by atoms with E-state index in [1.165, 1.54) is 5.56 Å². The highest BCUT2D eigenvalue weighted by Gasteiger charge is 2.05. The molecule has 0 saturated carbocycles. The van der Waals surface area contributed by atoms with Crippen molar-refractivity contribution in [2.75, 3.05) is 13.2 Å². The fourth-order valence-corrected chi connectivity index (χ4v) is 2.84. The predicted octanol–water partition coefficient (Wildman–Crippen LogP) is 4.52. The summed E-state index contributed by atoms with van der Waals surface area (Å²) in [6.45, 7) is 4.64. The number of rotatable bonds is 8. The Morgan fingerprint density at radius 1 is 1.30 bits per heavy atom. The van der Waals surface area contributed by atoms with Crippen molar-refractivity contribution in [3.05, 3.63) is 51.2 Å². The zero-order valence-corrected chi connectivity index (χ0v) is 13.3. The molecule has 0 spiro atoms. The van der Waals surface area contributed by atoms with Gasteiger partial charge in [0.2, 0.25) is 0 Å². The Morgan fingerprint density at radius 2 is 2.20 bits per heavy atom. The lowest BCUT2D eigenvalue weighted by Gasteiger charge is -2.12. The van der Waals surface area contributed by atoms with Crippen LogP contribution in [0.1, 0.15) is 24.5 Å². The van der Waals surface area contributed by atoms with Crippen molar-refractivity contribution in [3.8, 4) is 5.75 Å². The summed E-state index contributed by atoms with van der Waals surface area (Å²) in [7, 11) is 0. The third-order valence-electron chi connectivity index (χ3n) is 2.99. The van der Waals surface area contributed by atoms with Gasteiger partial charge in [0.25, 0.3) is 0 Å². The summed E-state index contributed by atoms with van der Waals surface area (Å²) in [5.41, 5.74) is 2.45. The molecule has 0 atom stereocenters. The van der Waals surface area contributed by atoms with E-state index in [4.69, 9.17) is 16.3 Å². The quantitative estimate of drug-likeness (QED) is 0.724. The van der Waals surface area contributed by atoms with E-state index in [1.807, 2.05) is 18.2 Å². The van der Waals surface area contributed by atoms with E-state index in [1.54, 1.807) is 11.3 Å². The summed E-state index contributed by atoms with van der Waals surface area (Å²) in [6, 6.07) is 7.95. The van der Waals surface area contributed by atoms with Crippen LogP contribution in [-0.4, -0.2) is 13.2 Å². The summed E-state index contributed by atoms with van der Waals surface area (Å²) in [6.07, 6.45) is 2.06. The molecular formula is C16H20ClNOS. The molecule has 0 bridgehead atoms. The maximum Gasteiger partial charge on any atom is 0.123 e. The van der Waals surface area contributed by atoms with Crippen molar-refractivity contribution in [1.29, 1.82) is 0 Å². The third-order valence-corrected chi connectivity index (χ3v) is 3.96. The molecule has 108 valence electrons. The van der Waals surface area contributed by atoms with Crippen LogP contribution in [-0.2, 0) is 13.0 Å². The molecule has 0 unspecified atom stereocenters. The van der Waals surface area contributed by atoms with E-state index in [0.29, 0.717) is 6.61 Å². The fourth-order valence-electron chi connectivity index (χ4n) is 1.94. The van der Waals surface area contributed by atoms with Gasteiger partial charge in [-0.25, -0.2) is 0 Å². The van der Waals surface area contributed by atoms with Crippen LogP contribution < -0.4 is 10.1 Å². The molecule has 0 aliphatic rings. The van der Waals surface area contributed by atoms with Crippen molar-refractivity contribution in [3.63, 3.8) is 0 Å². The zero-order valence-electron chi connectivity index (χ0n) is 11.7. The van der Waals surface area contributed by atoms with E-state index in [2.05, 4.69) is 29.1 Å². The molecule has 0 radical (unpaired) electrons. The average Bonchev–Trinajstić information content (AvgIpc) is 2.95. The number of thiophene rings is 1. The number of benzene rings is 1. The number of ether oxygens (including phenoxy) is 1. The second-order valence-electron chi connectivity index (χ2n) is 4.66. The number of hydrogen-bond donors (Lipinski definition) is 1. The minimum Gasteiger partial charge on any atom is -0.493 e. The molecule has 0 amide bonds. The van der Waals surface area contributed by atoms with Gasteiger partial charge in [0.05, 0.1) is 6.61 Å². The van der Waals surface area contributed by atoms with Crippen LogP contribution in [0.15, 0.2) is 35.0 Å². The molecule has 1 N–H and O–H groups in total. The van der Waals surface area contributed by atoms with Crippen molar-refractivity contribution in [2.45, 2.75) is 26.3 Å². The normalized spacial score (nSPS) is 10.7. The minimum atomic E-state index is 0.694. The van der Waals surface area contributed by atoms with Gasteiger partial charge >= 0.3 is 0 Å². The topological polar surface area (TPSA) is 21.3 Å². The Kier molecular flexibility index (Phi) is 6.37. The van der Waals surface area contributed by atoms with Gasteiger partial charge in [-0.2, -0.15) is 11.3 Å². The van der Waals surface area contributed by atoms with Gasteiger partial charge in [-0.3, -0.25) is 0 Å². The molecule has 1 heterocycles. The Labute approximate surface area is 129 Å². The lowest BCUT2D eigenvalue weighted by atomic mass is 10.2. The van der Waals surface area contributed by atoms with Gasteiger partial charge in [-0.15, -0.1) is 0 Å². The molecule has 1 aromatic heterocycles. The summed E-state index contributed by atoms with van der Waals surface area (Å²) in [5, 5.41) is 8.40. The summed E-state index contributed by atoms with van der Waals surface area (Å²) < 4.78 is 5.90. The molecule has 0 aliphatic carbocycles. The molecule has 4 heteroatoms. The monoisotopic (exact) mass is 309 g/mol. The Morgan fingerprint density at radius 3 is 2.95 bits per heavy atom. The average molecular weight is 310 g/mol. The molecule has 2 nitrogen and oxygen atoms in total. The van der Waals surface area contributed by atoms with E-state index >= 15 is 0 Å². The van der Waals surface area contributed by atoms with Crippen LogP contribution in [0.4, 0.5) is 0 Å². The maximum atomic E-state index is 6.06. The second kappa shape index (κ2) is 8.30. The van der Waals surface area contributed by atoms with Crippen LogP contribution in [0.5, 0.6) is 5.75 Å².